The summed E-state index contributed by atoms with van der Waals surface area (Å²) < 4.78 is 12.7. The first-order chi connectivity index (χ1) is 9.15. The van der Waals surface area contributed by atoms with E-state index in [0.717, 1.165) is 19.0 Å². The van der Waals surface area contributed by atoms with Crippen molar-refractivity contribution in [3.05, 3.63) is 24.1 Å². The minimum absolute atomic E-state index is 0. The van der Waals surface area contributed by atoms with Crippen molar-refractivity contribution < 1.29 is 9.18 Å². The van der Waals surface area contributed by atoms with Crippen LogP contribution in [0.25, 0.3) is 0 Å². The van der Waals surface area contributed by atoms with Gasteiger partial charge in [0.1, 0.15) is 11.6 Å². The third kappa shape index (κ3) is 5.06. The van der Waals surface area contributed by atoms with Crippen LogP contribution in [-0.4, -0.2) is 16.9 Å². The Morgan fingerprint density at radius 3 is 2.70 bits per heavy atom. The van der Waals surface area contributed by atoms with E-state index in [1.54, 1.807) is 0 Å². The van der Waals surface area contributed by atoms with Crippen molar-refractivity contribution in [2.75, 3.05) is 5.32 Å². The van der Waals surface area contributed by atoms with Crippen LogP contribution in [0.1, 0.15) is 38.5 Å². The second-order valence-corrected chi connectivity index (χ2v) is 5.20. The van der Waals surface area contributed by atoms with Gasteiger partial charge in [0.25, 0.3) is 0 Å². The van der Waals surface area contributed by atoms with Crippen LogP contribution in [0.5, 0.6) is 0 Å². The quantitative estimate of drug-likeness (QED) is 0.898. The largest absolute Gasteiger partial charge is 0.320 e. The number of nitrogens with two attached hydrogens (primary N) is 1. The first-order valence-corrected chi connectivity index (χ1v) is 6.83. The van der Waals surface area contributed by atoms with Crippen LogP contribution in [0, 0.1) is 11.7 Å². The van der Waals surface area contributed by atoms with Gasteiger partial charge in [0.2, 0.25) is 5.91 Å². The van der Waals surface area contributed by atoms with E-state index in [4.69, 9.17) is 5.73 Å². The lowest BCUT2D eigenvalue weighted by molar-refractivity contribution is -0.117. The average Bonchev–Trinajstić information content (AvgIpc) is 2.42. The van der Waals surface area contributed by atoms with Crippen molar-refractivity contribution in [3.63, 3.8) is 0 Å². The Kier molecular flexibility index (Phi) is 6.88. The maximum atomic E-state index is 12.7. The molecule has 20 heavy (non-hydrogen) atoms. The van der Waals surface area contributed by atoms with E-state index in [1.165, 1.54) is 31.4 Å². The Hall–Kier alpha value is -1.20. The molecule has 1 aromatic rings. The monoisotopic (exact) mass is 301 g/mol. The van der Waals surface area contributed by atoms with E-state index in [9.17, 15) is 9.18 Å². The molecule has 0 aromatic carbocycles. The first-order valence-electron chi connectivity index (χ1n) is 6.83. The van der Waals surface area contributed by atoms with Gasteiger partial charge in [0.05, 0.1) is 12.2 Å². The Morgan fingerprint density at radius 2 is 2.10 bits per heavy atom. The van der Waals surface area contributed by atoms with Gasteiger partial charge in [-0.1, -0.05) is 32.1 Å². The van der Waals surface area contributed by atoms with Gasteiger partial charge in [-0.3, -0.25) is 4.79 Å². The summed E-state index contributed by atoms with van der Waals surface area (Å²) in [5, 5.41) is 2.62. The normalized spacial score (nSPS) is 17.1. The number of rotatable bonds is 4. The van der Waals surface area contributed by atoms with Crippen LogP contribution < -0.4 is 11.1 Å². The number of amides is 1. The van der Waals surface area contributed by atoms with Crippen LogP contribution in [0.3, 0.4) is 0 Å². The Morgan fingerprint density at radius 1 is 1.40 bits per heavy atom. The number of nitrogens with zero attached hydrogens (tertiary/aromatic N) is 1. The van der Waals surface area contributed by atoms with Gasteiger partial charge in [-0.2, -0.15) is 0 Å². The Balaban J connectivity index is 0.00000200. The number of nitrogens with one attached hydrogen (secondary N) is 1. The standard InChI is InChI=1S/C14H20FN3O.ClH/c15-11-6-7-13(17-9-11)18-14(19)12(16)8-10-4-2-1-3-5-10;/h6-7,9-10,12H,1-5,8,16H2,(H,17,18,19);1H. The average molecular weight is 302 g/mol. The summed E-state index contributed by atoms with van der Waals surface area (Å²) in [5.74, 6) is 0.218. The molecular weight excluding hydrogens is 281 g/mol. The van der Waals surface area contributed by atoms with E-state index < -0.39 is 11.9 Å². The summed E-state index contributed by atoms with van der Waals surface area (Å²) in [6.07, 6.45) is 7.87. The zero-order valence-corrected chi connectivity index (χ0v) is 12.2. The van der Waals surface area contributed by atoms with Crippen molar-refractivity contribution in [2.45, 2.75) is 44.6 Å². The molecule has 6 heteroatoms. The highest BCUT2D eigenvalue weighted by Gasteiger charge is 2.21. The minimum atomic E-state index is -0.519. The molecule has 1 atom stereocenters. The van der Waals surface area contributed by atoms with Gasteiger partial charge in [-0.25, -0.2) is 9.37 Å². The third-order valence-corrected chi connectivity index (χ3v) is 3.63. The summed E-state index contributed by atoms with van der Waals surface area (Å²) in [7, 11) is 0. The van der Waals surface area contributed by atoms with E-state index in [0.29, 0.717) is 18.2 Å². The number of carbonyl (C=O) groups is 1. The van der Waals surface area contributed by atoms with Crippen molar-refractivity contribution in [3.8, 4) is 0 Å². The maximum Gasteiger partial charge on any atom is 0.242 e. The van der Waals surface area contributed by atoms with Gasteiger partial charge >= 0.3 is 0 Å². The fraction of sp³-hybridized carbons (Fsp3) is 0.571. The predicted octanol–water partition coefficient (Wildman–Crippen LogP) is 2.88. The van der Waals surface area contributed by atoms with Gasteiger partial charge < -0.3 is 11.1 Å². The van der Waals surface area contributed by atoms with Crippen molar-refractivity contribution in [1.29, 1.82) is 0 Å². The fourth-order valence-electron chi connectivity index (χ4n) is 2.56. The van der Waals surface area contributed by atoms with Gasteiger partial charge in [0, 0.05) is 0 Å². The molecule has 0 aliphatic heterocycles. The molecular formula is C14H21ClFN3O. The van der Waals surface area contributed by atoms with Gasteiger partial charge in [-0.15, -0.1) is 12.4 Å². The van der Waals surface area contributed by atoms with Gasteiger partial charge in [0.15, 0.2) is 0 Å². The molecule has 1 fully saturated rings. The van der Waals surface area contributed by atoms with Crippen LogP contribution in [0.15, 0.2) is 18.3 Å². The zero-order valence-electron chi connectivity index (χ0n) is 11.3. The molecule has 0 bridgehead atoms. The minimum Gasteiger partial charge on any atom is -0.320 e. The molecule has 2 rings (SSSR count). The molecule has 4 nitrogen and oxygen atoms in total. The smallest absolute Gasteiger partial charge is 0.242 e. The summed E-state index contributed by atoms with van der Waals surface area (Å²) in [6.45, 7) is 0. The van der Waals surface area contributed by atoms with Crippen molar-refractivity contribution in [2.24, 2.45) is 11.7 Å². The molecule has 3 N–H and O–H groups in total. The molecule has 0 saturated heterocycles. The lowest BCUT2D eigenvalue weighted by Crippen LogP contribution is -2.37. The molecule has 1 unspecified atom stereocenters. The molecule has 1 aliphatic carbocycles. The SMILES string of the molecule is Cl.NC(CC1CCCCC1)C(=O)Nc1ccc(F)cn1. The van der Waals surface area contributed by atoms with Crippen LogP contribution >= 0.6 is 12.4 Å². The second-order valence-electron chi connectivity index (χ2n) is 5.20. The number of aromatic nitrogens is 1. The molecule has 1 saturated carbocycles. The lowest BCUT2D eigenvalue weighted by atomic mass is 9.85. The van der Waals surface area contributed by atoms with E-state index in [2.05, 4.69) is 10.3 Å². The Labute approximate surface area is 124 Å². The van der Waals surface area contributed by atoms with E-state index in [-0.39, 0.29) is 18.3 Å². The predicted molar refractivity (Wildman–Crippen MR) is 79.2 cm³/mol. The third-order valence-electron chi connectivity index (χ3n) is 3.63. The van der Waals surface area contributed by atoms with Crippen molar-refractivity contribution >= 4 is 24.1 Å². The number of carbonyl (C=O) groups excluding carboxylic acids is 1. The molecule has 1 amide bonds. The molecule has 112 valence electrons. The number of anilines is 1. The lowest BCUT2D eigenvalue weighted by Gasteiger charge is -2.23. The number of hydrogen-bond acceptors (Lipinski definition) is 3. The molecule has 1 aromatic heterocycles. The highest BCUT2D eigenvalue weighted by molar-refractivity contribution is 5.93. The molecule has 1 aliphatic rings. The van der Waals surface area contributed by atoms with E-state index in [1.807, 2.05) is 0 Å². The molecule has 0 radical (unpaired) electrons. The second kappa shape index (κ2) is 8.17. The zero-order chi connectivity index (χ0) is 13.7. The van der Waals surface area contributed by atoms with Gasteiger partial charge in [-0.05, 0) is 24.5 Å². The summed E-state index contributed by atoms with van der Waals surface area (Å²) >= 11 is 0. The molecule has 1 heterocycles. The van der Waals surface area contributed by atoms with Crippen molar-refractivity contribution in [1.82, 2.24) is 4.98 Å². The number of halogens is 2. The fourth-order valence-corrected chi connectivity index (χ4v) is 2.56. The van der Waals surface area contributed by atoms with E-state index >= 15 is 0 Å². The molecule has 0 spiro atoms. The van der Waals surface area contributed by atoms with Crippen LogP contribution in [-0.2, 0) is 4.79 Å². The number of hydrogen-bond donors (Lipinski definition) is 2. The van der Waals surface area contributed by atoms with Crippen LogP contribution in [0.4, 0.5) is 10.2 Å². The summed E-state index contributed by atoms with van der Waals surface area (Å²) in [5.41, 5.74) is 5.91. The summed E-state index contributed by atoms with van der Waals surface area (Å²) in [4.78, 5) is 15.7. The summed E-state index contributed by atoms with van der Waals surface area (Å²) in [6, 6.07) is 2.17. The van der Waals surface area contributed by atoms with Crippen LogP contribution in [0.2, 0.25) is 0 Å². The highest BCUT2D eigenvalue weighted by Crippen LogP contribution is 2.27. The number of pyridine rings is 1. The maximum absolute atomic E-state index is 12.7. The Bertz CT molecular complexity index is 421. The first kappa shape index (κ1) is 16.9. The topological polar surface area (TPSA) is 68.0 Å². The highest BCUT2D eigenvalue weighted by atomic mass is 35.5.